The lowest BCUT2D eigenvalue weighted by Crippen LogP contribution is -2.34. The van der Waals surface area contributed by atoms with Crippen molar-refractivity contribution >= 4 is 11.8 Å². The largest absolute Gasteiger partial charge is 0.494 e. The van der Waals surface area contributed by atoms with E-state index < -0.39 is 0 Å². The summed E-state index contributed by atoms with van der Waals surface area (Å²) in [7, 11) is 0. The van der Waals surface area contributed by atoms with Crippen LogP contribution in [0.15, 0.2) is 24.3 Å². The average molecular weight is 253 g/mol. The van der Waals surface area contributed by atoms with Gasteiger partial charge in [-0.2, -0.15) is 11.8 Å². The number of ether oxygens (including phenoxy) is 2. The second kappa shape index (κ2) is 6.28. The molecular weight excluding hydrogens is 234 g/mol. The molecule has 2 atom stereocenters. The lowest BCUT2D eigenvalue weighted by Gasteiger charge is -2.27. The molecule has 1 aromatic rings. The molecule has 2 N–H and O–H groups in total. The molecule has 4 heteroatoms. The van der Waals surface area contributed by atoms with E-state index in [9.17, 15) is 0 Å². The van der Waals surface area contributed by atoms with Gasteiger partial charge in [-0.1, -0.05) is 12.1 Å². The van der Waals surface area contributed by atoms with Gasteiger partial charge in [-0.3, -0.25) is 0 Å². The predicted molar refractivity (Wildman–Crippen MR) is 71.6 cm³/mol. The molecule has 2 rings (SSSR count). The molecule has 0 aliphatic carbocycles. The van der Waals surface area contributed by atoms with Crippen LogP contribution in [-0.4, -0.2) is 30.8 Å². The molecule has 94 valence electrons. The molecule has 1 saturated heterocycles. The Morgan fingerprint density at radius 1 is 1.47 bits per heavy atom. The highest BCUT2D eigenvalue weighted by Crippen LogP contribution is 2.25. The molecule has 1 aliphatic rings. The van der Waals surface area contributed by atoms with E-state index in [0.29, 0.717) is 6.61 Å². The maximum Gasteiger partial charge on any atom is 0.119 e. The van der Waals surface area contributed by atoms with Crippen molar-refractivity contribution in [1.29, 1.82) is 0 Å². The molecule has 0 aromatic heterocycles. The highest BCUT2D eigenvalue weighted by Gasteiger charge is 2.22. The molecule has 0 radical (unpaired) electrons. The molecule has 1 aromatic carbocycles. The molecule has 0 amide bonds. The van der Waals surface area contributed by atoms with Gasteiger partial charge in [0.05, 0.1) is 25.4 Å². The van der Waals surface area contributed by atoms with Crippen molar-refractivity contribution in [3.63, 3.8) is 0 Å². The third kappa shape index (κ3) is 3.37. The number of hydrogen-bond acceptors (Lipinski definition) is 4. The maximum absolute atomic E-state index is 6.21. The highest BCUT2D eigenvalue weighted by molar-refractivity contribution is 7.99. The van der Waals surface area contributed by atoms with E-state index in [1.165, 1.54) is 0 Å². The van der Waals surface area contributed by atoms with Crippen LogP contribution >= 0.6 is 11.8 Å². The van der Waals surface area contributed by atoms with E-state index in [1.807, 2.05) is 43.0 Å². The summed E-state index contributed by atoms with van der Waals surface area (Å²) in [5.74, 6) is 2.95. The zero-order chi connectivity index (χ0) is 12.1. The van der Waals surface area contributed by atoms with Crippen LogP contribution in [0.3, 0.4) is 0 Å². The molecule has 3 nitrogen and oxygen atoms in total. The topological polar surface area (TPSA) is 44.5 Å². The Morgan fingerprint density at radius 3 is 2.82 bits per heavy atom. The number of benzene rings is 1. The summed E-state index contributed by atoms with van der Waals surface area (Å²) in [4.78, 5) is 0. The minimum Gasteiger partial charge on any atom is -0.494 e. The number of hydrogen-bond donors (Lipinski definition) is 1. The highest BCUT2D eigenvalue weighted by atomic mass is 32.2. The molecule has 0 saturated carbocycles. The lowest BCUT2D eigenvalue weighted by atomic mass is 10.0. The predicted octanol–water partition coefficient (Wildman–Crippen LogP) is 2.22. The van der Waals surface area contributed by atoms with Crippen LogP contribution in [-0.2, 0) is 4.74 Å². The minimum atomic E-state index is -0.0431. The zero-order valence-electron chi connectivity index (χ0n) is 10.1. The number of rotatable bonds is 4. The van der Waals surface area contributed by atoms with Gasteiger partial charge in [0.25, 0.3) is 0 Å². The summed E-state index contributed by atoms with van der Waals surface area (Å²) in [6.45, 7) is 3.47. The number of thioether (sulfide) groups is 1. The van der Waals surface area contributed by atoms with E-state index in [1.54, 1.807) is 0 Å². The van der Waals surface area contributed by atoms with Gasteiger partial charge in [0, 0.05) is 11.5 Å². The van der Waals surface area contributed by atoms with Crippen LogP contribution in [0.4, 0.5) is 0 Å². The Labute approximate surface area is 107 Å². The smallest absolute Gasteiger partial charge is 0.119 e. The van der Waals surface area contributed by atoms with E-state index in [2.05, 4.69) is 0 Å². The van der Waals surface area contributed by atoms with Crippen LogP contribution in [0.2, 0.25) is 0 Å². The summed E-state index contributed by atoms with van der Waals surface area (Å²) in [6.07, 6.45) is 0.131. The summed E-state index contributed by atoms with van der Waals surface area (Å²) in [5, 5.41) is 0. The van der Waals surface area contributed by atoms with E-state index in [4.69, 9.17) is 15.2 Å². The molecule has 2 unspecified atom stereocenters. The van der Waals surface area contributed by atoms with Crippen molar-refractivity contribution in [2.45, 2.75) is 19.1 Å². The van der Waals surface area contributed by atoms with Gasteiger partial charge in [0.1, 0.15) is 5.75 Å². The second-order valence-electron chi connectivity index (χ2n) is 4.01. The first-order valence-corrected chi connectivity index (χ1v) is 7.14. The molecule has 0 bridgehead atoms. The normalized spacial score (nSPS) is 22.1. The van der Waals surface area contributed by atoms with Crippen LogP contribution in [0.5, 0.6) is 5.75 Å². The molecule has 1 aliphatic heterocycles. The Kier molecular flexibility index (Phi) is 4.71. The van der Waals surface area contributed by atoms with E-state index >= 15 is 0 Å². The van der Waals surface area contributed by atoms with Crippen LogP contribution in [0.25, 0.3) is 0 Å². The molecule has 17 heavy (non-hydrogen) atoms. The summed E-state index contributed by atoms with van der Waals surface area (Å²) < 4.78 is 11.1. The fourth-order valence-corrected chi connectivity index (χ4v) is 2.80. The third-order valence-corrected chi connectivity index (χ3v) is 3.84. The van der Waals surface area contributed by atoms with Gasteiger partial charge in [-0.05, 0) is 24.6 Å². The van der Waals surface area contributed by atoms with E-state index in [-0.39, 0.29) is 12.1 Å². The third-order valence-electron chi connectivity index (χ3n) is 2.82. The van der Waals surface area contributed by atoms with Gasteiger partial charge in [0.2, 0.25) is 0 Å². The first-order chi connectivity index (χ1) is 8.31. The van der Waals surface area contributed by atoms with Gasteiger partial charge in [-0.15, -0.1) is 0 Å². The van der Waals surface area contributed by atoms with Crippen molar-refractivity contribution < 1.29 is 9.47 Å². The van der Waals surface area contributed by atoms with E-state index in [0.717, 1.165) is 29.4 Å². The van der Waals surface area contributed by atoms with Crippen molar-refractivity contribution in [1.82, 2.24) is 0 Å². The number of nitrogens with two attached hydrogens (primary N) is 1. The molecule has 0 spiro atoms. The second-order valence-corrected chi connectivity index (χ2v) is 5.16. The quantitative estimate of drug-likeness (QED) is 0.893. The minimum absolute atomic E-state index is 0.0431. The monoisotopic (exact) mass is 253 g/mol. The first-order valence-electron chi connectivity index (χ1n) is 5.99. The Bertz CT molecular complexity index is 336. The fourth-order valence-electron chi connectivity index (χ4n) is 1.88. The lowest BCUT2D eigenvalue weighted by molar-refractivity contribution is 0.0569. The molecular formula is C13H19NO2S. The Balaban J connectivity index is 2.00. The Hall–Kier alpha value is -0.710. The zero-order valence-corrected chi connectivity index (χ0v) is 10.9. The summed E-state index contributed by atoms with van der Waals surface area (Å²) in [6, 6.07) is 7.94. The molecule has 1 fully saturated rings. The van der Waals surface area contributed by atoms with Crippen LogP contribution in [0.1, 0.15) is 18.5 Å². The molecule has 1 heterocycles. The average Bonchev–Trinajstić information content (AvgIpc) is 2.40. The maximum atomic E-state index is 6.21. The van der Waals surface area contributed by atoms with Gasteiger partial charge < -0.3 is 15.2 Å². The van der Waals surface area contributed by atoms with Crippen LogP contribution < -0.4 is 10.5 Å². The summed E-state index contributed by atoms with van der Waals surface area (Å²) in [5.41, 5.74) is 7.33. The first kappa shape index (κ1) is 12.7. The van der Waals surface area contributed by atoms with Crippen molar-refractivity contribution in [2.75, 3.05) is 24.7 Å². The van der Waals surface area contributed by atoms with Gasteiger partial charge in [0.15, 0.2) is 0 Å². The SMILES string of the molecule is CCOc1ccc(C(N)C2CSCCO2)cc1. The summed E-state index contributed by atoms with van der Waals surface area (Å²) >= 11 is 1.91. The van der Waals surface area contributed by atoms with Crippen molar-refractivity contribution in [2.24, 2.45) is 5.73 Å². The fraction of sp³-hybridized carbons (Fsp3) is 0.538. The van der Waals surface area contributed by atoms with Crippen molar-refractivity contribution in [3.8, 4) is 5.75 Å². The standard InChI is InChI=1S/C13H19NO2S/c1-2-15-11-5-3-10(4-6-11)13(14)12-9-17-8-7-16-12/h3-6,12-13H,2,7-9,14H2,1H3. The van der Waals surface area contributed by atoms with Gasteiger partial charge >= 0.3 is 0 Å². The van der Waals surface area contributed by atoms with Crippen molar-refractivity contribution in [3.05, 3.63) is 29.8 Å². The van der Waals surface area contributed by atoms with Gasteiger partial charge in [-0.25, -0.2) is 0 Å². The Morgan fingerprint density at radius 2 is 2.24 bits per heavy atom. The van der Waals surface area contributed by atoms with Crippen LogP contribution in [0, 0.1) is 0 Å².